The van der Waals surface area contributed by atoms with Gasteiger partial charge in [-0.25, -0.2) is 8.42 Å². The number of halogens is 1. The maximum atomic E-state index is 12.6. The fourth-order valence-corrected chi connectivity index (χ4v) is 4.17. The van der Waals surface area contributed by atoms with Gasteiger partial charge in [0.2, 0.25) is 15.9 Å². The van der Waals surface area contributed by atoms with E-state index in [1.54, 1.807) is 31.2 Å². The van der Waals surface area contributed by atoms with Gasteiger partial charge in [-0.05, 0) is 64.2 Å². The summed E-state index contributed by atoms with van der Waals surface area (Å²) in [7, 11) is -1.56. The van der Waals surface area contributed by atoms with Crippen LogP contribution >= 0.6 is 11.6 Å². The summed E-state index contributed by atoms with van der Waals surface area (Å²) < 4.78 is 25.5. The number of nitrogens with zero attached hydrogens (tertiary/aromatic N) is 2. The zero-order valence-electron chi connectivity index (χ0n) is 14.2. The number of carbonyl (C=O) groups is 1. The number of hydrogen-bond acceptors (Lipinski definition) is 4. The van der Waals surface area contributed by atoms with Crippen LogP contribution in [0, 0.1) is 0 Å². The predicted octanol–water partition coefficient (Wildman–Crippen LogP) is 1.70. The van der Waals surface area contributed by atoms with Crippen LogP contribution in [0.25, 0.3) is 0 Å². The van der Waals surface area contributed by atoms with Gasteiger partial charge in [0, 0.05) is 11.1 Å². The lowest BCUT2D eigenvalue weighted by Crippen LogP contribution is -2.52. The van der Waals surface area contributed by atoms with Crippen molar-refractivity contribution in [1.82, 2.24) is 10.2 Å². The first-order valence-electron chi connectivity index (χ1n) is 7.92. The third-order valence-corrected chi connectivity index (χ3v) is 5.73. The molecule has 1 fully saturated rings. The third-order valence-electron chi connectivity index (χ3n) is 4.23. The van der Waals surface area contributed by atoms with Crippen molar-refractivity contribution in [2.75, 3.05) is 30.7 Å². The Kier molecular flexibility index (Phi) is 6.11. The molecule has 0 spiro atoms. The summed E-state index contributed by atoms with van der Waals surface area (Å²) in [5.41, 5.74) is 0.424. The quantitative estimate of drug-likeness (QED) is 0.853. The molecule has 0 bridgehead atoms. The number of piperidine rings is 1. The summed E-state index contributed by atoms with van der Waals surface area (Å²) in [4.78, 5) is 14.8. The van der Waals surface area contributed by atoms with Crippen LogP contribution in [0.15, 0.2) is 24.3 Å². The van der Waals surface area contributed by atoms with E-state index in [4.69, 9.17) is 11.6 Å². The number of hydrogen-bond donors (Lipinski definition) is 1. The minimum absolute atomic E-state index is 0.0859. The molecular formula is C16H24ClN3O3S. The van der Waals surface area contributed by atoms with Crippen molar-refractivity contribution in [3.63, 3.8) is 0 Å². The van der Waals surface area contributed by atoms with E-state index in [9.17, 15) is 13.2 Å². The molecule has 0 aromatic heterocycles. The van der Waals surface area contributed by atoms with Crippen LogP contribution in [-0.2, 0) is 14.8 Å². The highest BCUT2D eigenvalue weighted by Crippen LogP contribution is 2.23. The molecule has 6 nitrogen and oxygen atoms in total. The van der Waals surface area contributed by atoms with Crippen LogP contribution in [0.5, 0.6) is 0 Å². The van der Waals surface area contributed by atoms with Crippen molar-refractivity contribution in [2.24, 2.45) is 0 Å². The van der Waals surface area contributed by atoms with Gasteiger partial charge in [-0.2, -0.15) is 0 Å². The van der Waals surface area contributed by atoms with E-state index in [0.717, 1.165) is 36.5 Å². The van der Waals surface area contributed by atoms with E-state index in [2.05, 4.69) is 10.2 Å². The highest BCUT2D eigenvalue weighted by Gasteiger charge is 2.30. The number of likely N-dealkylation sites (tertiary alicyclic amines) is 1. The first kappa shape index (κ1) is 19.0. The molecule has 0 radical (unpaired) electrons. The zero-order chi connectivity index (χ0) is 17.9. The first-order chi connectivity index (χ1) is 11.2. The molecule has 1 aromatic rings. The van der Waals surface area contributed by atoms with Crippen molar-refractivity contribution in [1.29, 1.82) is 0 Å². The standard InChI is InChI=1S/C16H24ClN3O3S/c1-12(16(21)18-14-8-10-19(2)11-9-14)20(24(3,22)23)15-6-4-13(17)5-7-15/h4-7,12,14H,8-11H2,1-3H3,(H,18,21)/t12-/m1/s1. The number of carbonyl (C=O) groups excluding carboxylic acids is 1. The van der Waals surface area contributed by atoms with Crippen molar-refractivity contribution in [2.45, 2.75) is 31.8 Å². The second kappa shape index (κ2) is 7.72. The summed E-state index contributed by atoms with van der Waals surface area (Å²) in [5.74, 6) is -0.287. The van der Waals surface area contributed by atoms with Crippen LogP contribution in [0.3, 0.4) is 0 Å². The van der Waals surface area contributed by atoms with E-state index in [1.165, 1.54) is 0 Å². The van der Waals surface area contributed by atoms with Crippen LogP contribution in [0.4, 0.5) is 5.69 Å². The molecule has 1 aliphatic heterocycles. The fraction of sp³-hybridized carbons (Fsp3) is 0.562. The van der Waals surface area contributed by atoms with Gasteiger partial charge in [-0.15, -0.1) is 0 Å². The average Bonchev–Trinajstić information content (AvgIpc) is 2.50. The van der Waals surface area contributed by atoms with Crippen LogP contribution in [0.2, 0.25) is 5.02 Å². The van der Waals surface area contributed by atoms with E-state index in [1.807, 2.05) is 7.05 Å². The van der Waals surface area contributed by atoms with E-state index in [-0.39, 0.29) is 11.9 Å². The summed E-state index contributed by atoms with van der Waals surface area (Å²) >= 11 is 5.86. The van der Waals surface area contributed by atoms with Gasteiger partial charge < -0.3 is 10.2 Å². The van der Waals surface area contributed by atoms with Crippen molar-refractivity contribution >= 4 is 33.2 Å². The second-order valence-electron chi connectivity index (χ2n) is 6.30. The molecule has 24 heavy (non-hydrogen) atoms. The molecule has 134 valence electrons. The summed E-state index contributed by atoms with van der Waals surface area (Å²) in [6.45, 7) is 3.44. The summed E-state index contributed by atoms with van der Waals surface area (Å²) in [5, 5.41) is 3.48. The Labute approximate surface area is 148 Å². The molecule has 1 heterocycles. The highest BCUT2D eigenvalue weighted by molar-refractivity contribution is 7.92. The smallest absolute Gasteiger partial charge is 0.243 e. The average molecular weight is 374 g/mol. The van der Waals surface area contributed by atoms with Gasteiger partial charge in [0.05, 0.1) is 11.9 Å². The first-order valence-corrected chi connectivity index (χ1v) is 10.1. The minimum atomic E-state index is -3.60. The summed E-state index contributed by atoms with van der Waals surface area (Å²) in [6, 6.07) is 5.67. The van der Waals surface area contributed by atoms with Gasteiger partial charge in [-0.3, -0.25) is 9.10 Å². The zero-order valence-corrected chi connectivity index (χ0v) is 15.8. The van der Waals surface area contributed by atoms with E-state index in [0.29, 0.717) is 10.7 Å². The van der Waals surface area contributed by atoms with Gasteiger partial charge in [-0.1, -0.05) is 11.6 Å². The lowest BCUT2D eigenvalue weighted by molar-refractivity contribution is -0.122. The maximum absolute atomic E-state index is 12.6. The Morgan fingerprint density at radius 1 is 1.29 bits per heavy atom. The number of benzene rings is 1. The molecular weight excluding hydrogens is 350 g/mol. The molecule has 1 N–H and O–H groups in total. The van der Waals surface area contributed by atoms with E-state index >= 15 is 0 Å². The molecule has 0 unspecified atom stereocenters. The van der Waals surface area contributed by atoms with Gasteiger partial charge >= 0.3 is 0 Å². The second-order valence-corrected chi connectivity index (χ2v) is 8.59. The summed E-state index contributed by atoms with van der Waals surface area (Å²) in [6.07, 6.45) is 2.84. The molecule has 0 saturated carbocycles. The largest absolute Gasteiger partial charge is 0.351 e. The van der Waals surface area contributed by atoms with Gasteiger partial charge in [0.15, 0.2) is 0 Å². The lowest BCUT2D eigenvalue weighted by Gasteiger charge is -2.33. The maximum Gasteiger partial charge on any atom is 0.243 e. The topological polar surface area (TPSA) is 69.7 Å². The number of anilines is 1. The monoisotopic (exact) mass is 373 g/mol. The van der Waals surface area contributed by atoms with Crippen LogP contribution < -0.4 is 9.62 Å². The Bertz CT molecular complexity index is 670. The van der Waals surface area contributed by atoms with E-state index < -0.39 is 16.1 Å². The lowest BCUT2D eigenvalue weighted by atomic mass is 10.1. The van der Waals surface area contributed by atoms with Crippen molar-refractivity contribution in [3.05, 3.63) is 29.3 Å². The molecule has 2 rings (SSSR count). The Hall–Kier alpha value is -1.31. The predicted molar refractivity (Wildman–Crippen MR) is 96.9 cm³/mol. The highest BCUT2D eigenvalue weighted by atomic mass is 35.5. The Balaban J connectivity index is 2.14. The fourth-order valence-electron chi connectivity index (χ4n) is 2.87. The number of rotatable bonds is 5. The SMILES string of the molecule is C[C@H](C(=O)NC1CCN(C)CC1)N(c1ccc(Cl)cc1)S(C)(=O)=O. The van der Waals surface area contributed by atoms with Crippen LogP contribution in [0.1, 0.15) is 19.8 Å². The number of nitrogens with one attached hydrogen (secondary N) is 1. The Morgan fingerprint density at radius 3 is 2.33 bits per heavy atom. The van der Waals surface area contributed by atoms with Crippen LogP contribution in [-0.4, -0.2) is 57.7 Å². The Morgan fingerprint density at radius 2 is 1.83 bits per heavy atom. The molecule has 8 heteroatoms. The number of amides is 1. The van der Waals surface area contributed by atoms with Crippen molar-refractivity contribution < 1.29 is 13.2 Å². The molecule has 1 atom stereocenters. The molecule has 1 saturated heterocycles. The molecule has 0 aliphatic carbocycles. The van der Waals surface area contributed by atoms with Gasteiger partial charge in [0.25, 0.3) is 0 Å². The molecule has 1 amide bonds. The normalized spacial score (nSPS) is 18.2. The van der Waals surface area contributed by atoms with Gasteiger partial charge in [0.1, 0.15) is 6.04 Å². The number of sulfonamides is 1. The molecule has 1 aromatic carbocycles. The minimum Gasteiger partial charge on any atom is -0.351 e. The molecule has 1 aliphatic rings. The van der Waals surface area contributed by atoms with Crippen molar-refractivity contribution in [3.8, 4) is 0 Å². The third kappa shape index (κ3) is 4.84.